The lowest BCUT2D eigenvalue weighted by Crippen LogP contribution is -2.46. The van der Waals surface area contributed by atoms with Gasteiger partial charge in [0.1, 0.15) is 5.65 Å². The van der Waals surface area contributed by atoms with E-state index in [0.29, 0.717) is 17.8 Å². The molecule has 0 aliphatic carbocycles. The molecule has 2 aromatic carbocycles. The third kappa shape index (κ3) is 3.12. The monoisotopic (exact) mass is 459 g/mol. The third-order valence-corrected chi connectivity index (χ3v) is 8.05. The number of nitrogens with one attached hydrogen (secondary N) is 1. The molecule has 8 nitrogen and oxygen atoms in total. The maximum Gasteiger partial charge on any atom is 0.265 e. The molecule has 9 heteroatoms. The second kappa shape index (κ2) is 7.43. The number of para-hydroxylation sites is 1. The van der Waals surface area contributed by atoms with Crippen molar-refractivity contribution in [3.8, 4) is 0 Å². The fraction of sp³-hybridized carbons (Fsp3) is 0.167. The lowest BCUT2D eigenvalue weighted by atomic mass is 9.92. The molecule has 1 saturated heterocycles. The van der Waals surface area contributed by atoms with Gasteiger partial charge in [0.25, 0.3) is 15.6 Å². The van der Waals surface area contributed by atoms with Crippen LogP contribution >= 0.6 is 0 Å². The molecule has 0 amide bonds. The molecule has 1 fully saturated rings. The van der Waals surface area contributed by atoms with E-state index in [1.807, 2.05) is 35.3 Å². The number of anilines is 2. The Morgan fingerprint density at radius 3 is 2.33 bits per heavy atom. The number of hydrogen-bond donors (Lipinski definition) is 1. The van der Waals surface area contributed by atoms with Gasteiger partial charge in [-0.3, -0.25) is 9.20 Å². The van der Waals surface area contributed by atoms with E-state index in [1.54, 1.807) is 54.7 Å². The summed E-state index contributed by atoms with van der Waals surface area (Å²) < 4.78 is 30.1. The first-order chi connectivity index (χ1) is 16.0. The van der Waals surface area contributed by atoms with Crippen molar-refractivity contribution in [3.05, 3.63) is 101 Å². The number of hydrogen-bond acceptors (Lipinski definition) is 6. The molecular weight excluding hydrogens is 438 g/mol. The summed E-state index contributed by atoms with van der Waals surface area (Å²) in [5, 5.41) is 1.98. The van der Waals surface area contributed by atoms with E-state index >= 15 is 0 Å². The molecule has 0 spiro atoms. The molecule has 4 heterocycles. The summed E-state index contributed by atoms with van der Waals surface area (Å²) in [6, 6.07) is 23.0. The molecule has 0 unspecified atom stereocenters. The van der Waals surface area contributed by atoms with E-state index in [-0.39, 0.29) is 34.8 Å². The van der Waals surface area contributed by atoms with E-state index in [0.717, 1.165) is 5.69 Å². The average molecular weight is 460 g/mol. The molecular formula is C24H21N5O3S. The highest BCUT2D eigenvalue weighted by atomic mass is 32.2. The van der Waals surface area contributed by atoms with Crippen molar-refractivity contribution in [1.29, 1.82) is 0 Å². The van der Waals surface area contributed by atoms with Gasteiger partial charge in [0.15, 0.2) is 5.82 Å². The molecule has 0 saturated carbocycles. The molecule has 1 N–H and O–H groups in total. The van der Waals surface area contributed by atoms with Gasteiger partial charge < -0.3 is 5.01 Å². The minimum absolute atomic E-state index is 0.132. The van der Waals surface area contributed by atoms with E-state index in [9.17, 15) is 13.2 Å². The molecule has 2 aromatic heterocycles. The lowest BCUT2D eigenvalue weighted by molar-refractivity contribution is 0.456. The first kappa shape index (κ1) is 20.0. The second-order valence-corrected chi connectivity index (χ2v) is 10.1. The maximum atomic E-state index is 13.7. The SMILES string of the molecule is O=c1c2c(nc3ccccn13)N(S(=O)(=O)c1ccccc1)C[C@H]1CN(c3ccccc3)N[C@@H]21. The zero-order valence-electron chi connectivity index (χ0n) is 17.6. The summed E-state index contributed by atoms with van der Waals surface area (Å²) in [4.78, 5) is 18.4. The summed E-state index contributed by atoms with van der Waals surface area (Å²) in [6.45, 7) is 0.784. The lowest BCUT2D eigenvalue weighted by Gasteiger charge is -2.35. The Labute approximate surface area is 190 Å². The predicted octanol–water partition coefficient (Wildman–Crippen LogP) is 2.59. The number of aromatic nitrogens is 2. The van der Waals surface area contributed by atoms with E-state index in [4.69, 9.17) is 0 Å². The summed E-state index contributed by atoms with van der Waals surface area (Å²) >= 11 is 0. The highest BCUT2D eigenvalue weighted by molar-refractivity contribution is 7.92. The van der Waals surface area contributed by atoms with Crippen LogP contribution in [0.15, 0.2) is 94.7 Å². The van der Waals surface area contributed by atoms with Gasteiger partial charge in [-0.05, 0) is 36.4 Å². The molecule has 4 aromatic rings. The Morgan fingerprint density at radius 1 is 0.879 bits per heavy atom. The van der Waals surface area contributed by atoms with E-state index in [1.165, 1.54) is 8.71 Å². The molecule has 2 aliphatic heterocycles. The van der Waals surface area contributed by atoms with Gasteiger partial charge in [-0.2, -0.15) is 0 Å². The zero-order valence-corrected chi connectivity index (χ0v) is 18.4. The van der Waals surface area contributed by atoms with Crippen molar-refractivity contribution in [1.82, 2.24) is 14.8 Å². The fourth-order valence-electron chi connectivity index (χ4n) is 4.70. The van der Waals surface area contributed by atoms with E-state index in [2.05, 4.69) is 10.4 Å². The van der Waals surface area contributed by atoms with Crippen molar-refractivity contribution >= 4 is 27.2 Å². The Balaban J connectivity index is 1.54. The molecule has 0 radical (unpaired) electrons. The van der Waals surface area contributed by atoms with Crippen LogP contribution in [0.3, 0.4) is 0 Å². The molecule has 2 aliphatic rings. The van der Waals surface area contributed by atoms with Crippen LogP contribution in [-0.4, -0.2) is 30.9 Å². The quantitative estimate of drug-likeness (QED) is 0.507. The van der Waals surface area contributed by atoms with Gasteiger partial charge in [-0.25, -0.2) is 23.1 Å². The third-order valence-electron chi connectivity index (χ3n) is 6.28. The van der Waals surface area contributed by atoms with Crippen LogP contribution in [0.25, 0.3) is 5.65 Å². The number of hydrazine groups is 1. The van der Waals surface area contributed by atoms with E-state index < -0.39 is 10.0 Å². The minimum Gasteiger partial charge on any atom is -0.307 e. The Hall–Kier alpha value is -3.69. The minimum atomic E-state index is -3.91. The van der Waals surface area contributed by atoms with Crippen LogP contribution in [0.1, 0.15) is 11.6 Å². The maximum absolute atomic E-state index is 13.7. The topological polar surface area (TPSA) is 87.0 Å². The van der Waals surface area contributed by atoms with Gasteiger partial charge in [0.2, 0.25) is 0 Å². The first-order valence-corrected chi connectivity index (χ1v) is 12.2. The smallest absolute Gasteiger partial charge is 0.265 e. The summed E-state index contributed by atoms with van der Waals surface area (Å²) in [5.74, 6) is 0.0613. The number of rotatable bonds is 3. The predicted molar refractivity (Wildman–Crippen MR) is 126 cm³/mol. The Kier molecular flexibility index (Phi) is 4.49. The highest BCUT2D eigenvalue weighted by Crippen LogP contribution is 2.41. The molecule has 33 heavy (non-hydrogen) atoms. The standard InChI is InChI=1S/C24H21N5O3S/c30-24-21-22-17(15-28(26-22)18-9-3-1-4-10-18)16-29(33(31,32)19-11-5-2-6-12-19)23(21)25-20-13-7-8-14-27(20)24/h1-14,17,22,26H,15-16H2/t17-,22-/m1/s1. The Morgan fingerprint density at radius 2 is 1.58 bits per heavy atom. The highest BCUT2D eigenvalue weighted by Gasteiger charge is 2.46. The van der Waals surface area contributed by atoms with Crippen molar-refractivity contribution in [2.45, 2.75) is 10.9 Å². The largest absolute Gasteiger partial charge is 0.307 e. The van der Waals surface area contributed by atoms with Gasteiger partial charge >= 0.3 is 0 Å². The number of benzene rings is 2. The van der Waals surface area contributed by atoms with Gasteiger partial charge in [0, 0.05) is 25.2 Å². The number of nitrogens with zero attached hydrogens (tertiary/aromatic N) is 4. The molecule has 166 valence electrons. The number of sulfonamides is 1. The first-order valence-electron chi connectivity index (χ1n) is 10.7. The number of pyridine rings is 1. The normalized spacial score (nSPS) is 20.0. The summed E-state index contributed by atoms with van der Waals surface area (Å²) in [6.07, 6.45) is 1.66. The van der Waals surface area contributed by atoms with Crippen molar-refractivity contribution in [3.63, 3.8) is 0 Å². The van der Waals surface area contributed by atoms with Crippen LogP contribution in [-0.2, 0) is 10.0 Å². The van der Waals surface area contributed by atoms with Crippen molar-refractivity contribution in [2.75, 3.05) is 22.4 Å². The summed E-state index contributed by atoms with van der Waals surface area (Å²) in [7, 11) is -3.91. The van der Waals surface area contributed by atoms with Gasteiger partial charge in [-0.1, -0.05) is 42.5 Å². The van der Waals surface area contributed by atoms with Crippen LogP contribution in [0.5, 0.6) is 0 Å². The van der Waals surface area contributed by atoms with Crippen LogP contribution in [0.2, 0.25) is 0 Å². The molecule has 0 bridgehead atoms. The summed E-state index contributed by atoms with van der Waals surface area (Å²) in [5.41, 5.74) is 4.91. The van der Waals surface area contributed by atoms with Crippen LogP contribution in [0, 0.1) is 5.92 Å². The fourth-order valence-corrected chi connectivity index (χ4v) is 6.21. The zero-order chi connectivity index (χ0) is 22.6. The van der Waals surface area contributed by atoms with Gasteiger partial charge in [0.05, 0.1) is 22.2 Å². The average Bonchev–Trinajstić information content (AvgIpc) is 3.29. The van der Waals surface area contributed by atoms with Crippen molar-refractivity contribution < 1.29 is 8.42 Å². The van der Waals surface area contributed by atoms with Crippen molar-refractivity contribution in [2.24, 2.45) is 5.92 Å². The van der Waals surface area contributed by atoms with Crippen LogP contribution in [0.4, 0.5) is 11.5 Å². The van der Waals surface area contributed by atoms with Crippen LogP contribution < -0.4 is 20.3 Å². The molecule has 6 rings (SSSR count). The van der Waals surface area contributed by atoms with Gasteiger partial charge in [-0.15, -0.1) is 0 Å². The molecule has 2 atom stereocenters. The Bertz CT molecular complexity index is 1510. The second-order valence-electron chi connectivity index (χ2n) is 8.25. The number of fused-ring (bicyclic) bond motifs is 4.